The van der Waals surface area contributed by atoms with E-state index in [1.807, 2.05) is 36.2 Å². The molecule has 1 aliphatic heterocycles. The lowest BCUT2D eigenvalue weighted by atomic mass is 9.99. The van der Waals surface area contributed by atoms with Crippen molar-refractivity contribution in [2.75, 3.05) is 6.54 Å². The lowest BCUT2D eigenvalue weighted by Crippen LogP contribution is -2.31. The molecule has 0 aliphatic carbocycles. The minimum Gasteiger partial charge on any atom is -0.361 e. The number of aryl methyl sites for hydroxylation is 1. The van der Waals surface area contributed by atoms with Gasteiger partial charge in [0.1, 0.15) is 5.82 Å². The Morgan fingerprint density at radius 1 is 1.14 bits per heavy atom. The number of carbonyl (C=O) groups excluding carboxylic acids is 1. The van der Waals surface area contributed by atoms with Gasteiger partial charge in [-0.3, -0.25) is 9.89 Å². The minimum atomic E-state index is -0.289. The normalized spacial score (nSPS) is 16.1. The molecule has 5 rings (SSSR count). The van der Waals surface area contributed by atoms with Crippen LogP contribution in [0.4, 0.5) is 4.39 Å². The molecule has 0 unspecified atom stereocenters. The average molecular weight is 374 g/mol. The average Bonchev–Trinajstić information content (AvgIpc) is 3.36. The fraction of sp³-hybridized carbons (Fsp3) is 0.182. The number of aromatic nitrogens is 3. The van der Waals surface area contributed by atoms with Gasteiger partial charge in [-0.05, 0) is 42.7 Å². The van der Waals surface area contributed by atoms with Crippen LogP contribution in [0.2, 0.25) is 0 Å². The van der Waals surface area contributed by atoms with Gasteiger partial charge < -0.3 is 9.88 Å². The van der Waals surface area contributed by atoms with E-state index < -0.39 is 0 Å². The van der Waals surface area contributed by atoms with Crippen molar-refractivity contribution in [1.29, 1.82) is 0 Å². The van der Waals surface area contributed by atoms with Crippen molar-refractivity contribution in [3.05, 3.63) is 88.6 Å². The number of para-hydroxylation sites is 1. The van der Waals surface area contributed by atoms with Gasteiger partial charge in [0.05, 0.1) is 6.04 Å². The summed E-state index contributed by atoms with van der Waals surface area (Å²) in [6.45, 7) is 2.47. The van der Waals surface area contributed by atoms with Crippen LogP contribution in [-0.4, -0.2) is 32.5 Å². The largest absolute Gasteiger partial charge is 0.361 e. The Kier molecular flexibility index (Phi) is 3.79. The summed E-state index contributed by atoms with van der Waals surface area (Å²) in [6, 6.07) is 14.2. The highest BCUT2D eigenvalue weighted by Crippen LogP contribution is 2.39. The van der Waals surface area contributed by atoms with Crippen LogP contribution in [-0.2, 0) is 6.42 Å². The van der Waals surface area contributed by atoms with Crippen LogP contribution < -0.4 is 0 Å². The molecule has 0 saturated heterocycles. The number of rotatable bonds is 4. The van der Waals surface area contributed by atoms with E-state index in [4.69, 9.17) is 0 Å². The van der Waals surface area contributed by atoms with E-state index in [0.29, 0.717) is 12.2 Å². The van der Waals surface area contributed by atoms with Crippen LogP contribution in [0.5, 0.6) is 0 Å². The Balaban J connectivity index is 1.50. The van der Waals surface area contributed by atoms with Crippen LogP contribution in [0.3, 0.4) is 0 Å². The summed E-state index contributed by atoms with van der Waals surface area (Å²) in [5, 5.41) is 8.31. The maximum atomic E-state index is 13.4. The fourth-order valence-corrected chi connectivity index (χ4v) is 4.15. The van der Waals surface area contributed by atoms with Gasteiger partial charge in [-0.25, -0.2) is 4.39 Å². The third-order valence-electron chi connectivity index (χ3n) is 5.53. The quantitative estimate of drug-likeness (QED) is 0.564. The molecule has 0 radical (unpaired) electrons. The van der Waals surface area contributed by atoms with E-state index in [1.165, 1.54) is 23.1 Å². The second-order valence-corrected chi connectivity index (χ2v) is 7.17. The minimum absolute atomic E-state index is 0.0893. The number of halogens is 1. The maximum absolute atomic E-state index is 13.4. The Morgan fingerprint density at radius 2 is 1.93 bits per heavy atom. The SMILES string of the molecule is Cc1[nH]nc2c1[C@@H](c1ccc(F)cc1)N(CCc1c[nH]c3ccccc13)C2=O. The summed E-state index contributed by atoms with van der Waals surface area (Å²) in [5.41, 5.74) is 5.36. The number of nitrogens with one attached hydrogen (secondary N) is 2. The standard InChI is InChI=1S/C22H19FN4O/c1-13-19-20(26-25-13)22(28)27(21(19)14-6-8-16(23)9-7-14)11-10-15-12-24-18-5-3-2-4-17(15)18/h2-9,12,21,24H,10-11H2,1H3,(H,25,26)/t21-/m1/s1. The predicted molar refractivity (Wildman–Crippen MR) is 105 cm³/mol. The molecule has 2 aromatic heterocycles. The molecule has 2 N–H and O–H groups in total. The van der Waals surface area contributed by atoms with Gasteiger partial charge in [-0.2, -0.15) is 5.10 Å². The maximum Gasteiger partial charge on any atom is 0.275 e. The van der Waals surface area contributed by atoms with Crippen molar-refractivity contribution < 1.29 is 9.18 Å². The molecule has 0 fully saturated rings. The first-order valence-electron chi connectivity index (χ1n) is 9.30. The number of hydrogen-bond donors (Lipinski definition) is 2. The number of H-pyrrole nitrogens is 2. The van der Waals surface area contributed by atoms with Crippen molar-refractivity contribution in [2.24, 2.45) is 0 Å². The van der Waals surface area contributed by atoms with E-state index in [2.05, 4.69) is 21.2 Å². The zero-order valence-corrected chi connectivity index (χ0v) is 15.4. The summed E-state index contributed by atoms with van der Waals surface area (Å²) in [7, 11) is 0. The first-order chi connectivity index (χ1) is 13.6. The Hall–Kier alpha value is -3.41. The van der Waals surface area contributed by atoms with Crippen molar-refractivity contribution in [3.8, 4) is 0 Å². The molecule has 0 spiro atoms. The van der Waals surface area contributed by atoms with Gasteiger partial charge in [0, 0.05) is 34.9 Å². The second-order valence-electron chi connectivity index (χ2n) is 7.17. The van der Waals surface area contributed by atoms with Crippen LogP contribution >= 0.6 is 0 Å². The number of hydrogen-bond acceptors (Lipinski definition) is 2. The molecule has 0 bridgehead atoms. The van der Waals surface area contributed by atoms with Crippen molar-refractivity contribution in [1.82, 2.24) is 20.1 Å². The summed E-state index contributed by atoms with van der Waals surface area (Å²) < 4.78 is 13.4. The predicted octanol–water partition coefficient (Wildman–Crippen LogP) is 4.13. The number of aromatic amines is 2. The van der Waals surface area contributed by atoms with Crippen molar-refractivity contribution >= 4 is 16.8 Å². The van der Waals surface area contributed by atoms with Crippen LogP contribution in [0.25, 0.3) is 10.9 Å². The third kappa shape index (κ3) is 2.52. The Morgan fingerprint density at radius 3 is 2.75 bits per heavy atom. The van der Waals surface area contributed by atoms with Crippen LogP contribution in [0.15, 0.2) is 54.7 Å². The first kappa shape index (κ1) is 16.7. The Bertz CT molecular complexity index is 1170. The van der Waals surface area contributed by atoms with Crippen LogP contribution in [0.1, 0.15) is 38.9 Å². The molecule has 5 nitrogen and oxygen atoms in total. The molecule has 4 aromatic rings. The number of nitrogens with zero attached hydrogens (tertiary/aromatic N) is 2. The molecule has 28 heavy (non-hydrogen) atoms. The highest BCUT2D eigenvalue weighted by Gasteiger charge is 2.41. The number of amides is 1. The fourth-order valence-electron chi connectivity index (χ4n) is 4.15. The Labute approximate surface area is 161 Å². The topological polar surface area (TPSA) is 64.8 Å². The summed E-state index contributed by atoms with van der Waals surface area (Å²) in [5.74, 6) is -0.379. The molecule has 2 aromatic carbocycles. The van der Waals surface area contributed by atoms with Gasteiger partial charge in [-0.15, -0.1) is 0 Å². The van der Waals surface area contributed by atoms with E-state index in [1.54, 1.807) is 12.1 Å². The molecular formula is C22H19FN4O. The highest BCUT2D eigenvalue weighted by atomic mass is 19.1. The van der Waals surface area contributed by atoms with Gasteiger partial charge in [0.2, 0.25) is 0 Å². The van der Waals surface area contributed by atoms with Gasteiger partial charge in [0.15, 0.2) is 5.69 Å². The molecule has 0 saturated carbocycles. The van der Waals surface area contributed by atoms with E-state index in [-0.39, 0.29) is 17.8 Å². The molecule has 6 heteroatoms. The van der Waals surface area contributed by atoms with Crippen molar-refractivity contribution in [3.63, 3.8) is 0 Å². The van der Waals surface area contributed by atoms with E-state index in [9.17, 15) is 9.18 Å². The lowest BCUT2D eigenvalue weighted by molar-refractivity contribution is 0.0745. The molecule has 3 heterocycles. The first-order valence-corrected chi connectivity index (χ1v) is 9.30. The highest BCUT2D eigenvalue weighted by molar-refractivity contribution is 5.98. The second kappa shape index (κ2) is 6.34. The molecule has 1 atom stereocenters. The monoisotopic (exact) mass is 374 g/mol. The zero-order valence-electron chi connectivity index (χ0n) is 15.4. The summed E-state index contributed by atoms with van der Waals surface area (Å²) in [4.78, 5) is 18.2. The smallest absolute Gasteiger partial charge is 0.275 e. The third-order valence-corrected chi connectivity index (χ3v) is 5.53. The van der Waals surface area contributed by atoms with Gasteiger partial charge in [0.25, 0.3) is 5.91 Å². The molecule has 140 valence electrons. The zero-order chi connectivity index (χ0) is 19.3. The lowest BCUT2D eigenvalue weighted by Gasteiger charge is -2.26. The number of fused-ring (bicyclic) bond motifs is 2. The van der Waals surface area contributed by atoms with Crippen molar-refractivity contribution in [2.45, 2.75) is 19.4 Å². The number of carbonyl (C=O) groups is 1. The van der Waals surface area contributed by atoms with Gasteiger partial charge in [-0.1, -0.05) is 30.3 Å². The molecular weight excluding hydrogens is 355 g/mol. The molecule has 1 amide bonds. The molecule has 1 aliphatic rings. The van der Waals surface area contributed by atoms with Gasteiger partial charge >= 0.3 is 0 Å². The van der Waals surface area contributed by atoms with E-state index in [0.717, 1.165) is 28.8 Å². The van der Waals surface area contributed by atoms with E-state index >= 15 is 0 Å². The number of benzene rings is 2. The summed E-state index contributed by atoms with van der Waals surface area (Å²) in [6.07, 6.45) is 2.73. The van der Waals surface area contributed by atoms with Crippen LogP contribution in [0, 0.1) is 12.7 Å². The summed E-state index contributed by atoms with van der Waals surface area (Å²) >= 11 is 0.